The van der Waals surface area contributed by atoms with Crippen LogP contribution in [0.2, 0.25) is 0 Å². The molecule has 3 heterocycles. The van der Waals surface area contributed by atoms with Crippen molar-refractivity contribution in [3.63, 3.8) is 0 Å². The van der Waals surface area contributed by atoms with Crippen molar-refractivity contribution in [2.45, 2.75) is 33.7 Å². The summed E-state index contributed by atoms with van der Waals surface area (Å²) < 4.78 is 15.2. The molecule has 0 bridgehead atoms. The molecule has 3 aromatic rings. The van der Waals surface area contributed by atoms with Gasteiger partial charge in [0.25, 0.3) is 11.5 Å². The molecule has 0 radical (unpaired) electrons. The molecule has 1 aromatic carbocycles. The SMILES string of the molecule is Cc1c(C(=O)Nc2ccccc2F)sc2ncn(CC(=O)N3C[C@H](C)C[C@H](C)C3)c(=O)c12. The quantitative estimate of drug-likeness (QED) is 0.649. The number of hydrogen-bond donors (Lipinski definition) is 1. The molecule has 0 unspecified atom stereocenters. The Kier molecular flexibility index (Phi) is 6.10. The van der Waals surface area contributed by atoms with Crippen LogP contribution < -0.4 is 10.9 Å². The third-order valence-electron chi connectivity index (χ3n) is 5.77. The fourth-order valence-electron chi connectivity index (χ4n) is 4.34. The number of rotatable bonds is 4. The van der Waals surface area contributed by atoms with E-state index in [4.69, 9.17) is 0 Å². The average Bonchev–Trinajstić information content (AvgIpc) is 3.08. The smallest absolute Gasteiger partial charge is 0.266 e. The Balaban J connectivity index is 1.60. The first-order chi connectivity index (χ1) is 15.2. The Morgan fingerprint density at radius 2 is 1.91 bits per heavy atom. The monoisotopic (exact) mass is 456 g/mol. The number of carbonyl (C=O) groups is 2. The standard InChI is InChI=1S/C23H25FN4O3S/c1-13-8-14(2)10-27(9-13)18(29)11-28-12-25-22-19(23(28)31)15(3)20(32-22)21(30)26-17-7-5-4-6-16(17)24/h4-7,12-14H,8-11H2,1-3H3,(H,26,30)/t13-,14+. The Morgan fingerprint density at radius 3 is 2.59 bits per heavy atom. The third kappa shape index (κ3) is 4.29. The summed E-state index contributed by atoms with van der Waals surface area (Å²) in [4.78, 5) is 45.5. The number of amides is 2. The van der Waals surface area contributed by atoms with Crippen LogP contribution in [0.15, 0.2) is 35.4 Å². The number of carbonyl (C=O) groups excluding carboxylic acids is 2. The molecule has 0 saturated carbocycles. The van der Waals surface area contributed by atoms with Crippen molar-refractivity contribution in [1.82, 2.24) is 14.5 Å². The van der Waals surface area contributed by atoms with Crippen LogP contribution in [0.1, 0.15) is 35.5 Å². The van der Waals surface area contributed by atoms with Crippen LogP contribution >= 0.6 is 11.3 Å². The summed E-state index contributed by atoms with van der Waals surface area (Å²) >= 11 is 1.07. The molecule has 2 atom stereocenters. The lowest BCUT2D eigenvalue weighted by Crippen LogP contribution is -2.44. The van der Waals surface area contributed by atoms with Crippen LogP contribution in [0.25, 0.3) is 10.2 Å². The van der Waals surface area contributed by atoms with E-state index in [0.29, 0.717) is 40.7 Å². The lowest BCUT2D eigenvalue weighted by molar-refractivity contribution is -0.134. The minimum atomic E-state index is -0.542. The highest BCUT2D eigenvalue weighted by Crippen LogP contribution is 2.28. The number of aryl methyl sites for hydroxylation is 1. The van der Waals surface area contributed by atoms with E-state index in [1.807, 2.05) is 4.90 Å². The van der Waals surface area contributed by atoms with Crippen LogP contribution in [-0.2, 0) is 11.3 Å². The predicted octanol–water partition coefficient (Wildman–Crippen LogP) is 3.66. The van der Waals surface area contributed by atoms with E-state index in [1.54, 1.807) is 13.0 Å². The summed E-state index contributed by atoms with van der Waals surface area (Å²) in [5.41, 5.74) is 0.175. The van der Waals surface area contributed by atoms with Crippen molar-refractivity contribution in [1.29, 1.82) is 0 Å². The van der Waals surface area contributed by atoms with Gasteiger partial charge in [-0.1, -0.05) is 26.0 Å². The number of likely N-dealkylation sites (tertiary alicyclic amines) is 1. The highest BCUT2D eigenvalue weighted by atomic mass is 32.1. The molecule has 9 heteroatoms. The van der Waals surface area contributed by atoms with Crippen molar-refractivity contribution in [2.75, 3.05) is 18.4 Å². The molecule has 1 aliphatic heterocycles. The number of piperidine rings is 1. The van der Waals surface area contributed by atoms with Crippen molar-refractivity contribution in [2.24, 2.45) is 11.8 Å². The van der Waals surface area contributed by atoms with E-state index in [9.17, 15) is 18.8 Å². The number of anilines is 1. The first-order valence-electron chi connectivity index (χ1n) is 10.6. The minimum absolute atomic E-state index is 0.0651. The molecule has 1 N–H and O–H groups in total. The van der Waals surface area contributed by atoms with E-state index in [2.05, 4.69) is 24.1 Å². The molecule has 4 rings (SSSR count). The van der Waals surface area contributed by atoms with Gasteiger partial charge in [-0.3, -0.25) is 19.0 Å². The molecule has 32 heavy (non-hydrogen) atoms. The second kappa shape index (κ2) is 8.82. The van der Waals surface area contributed by atoms with Crippen molar-refractivity contribution >= 4 is 39.1 Å². The van der Waals surface area contributed by atoms with E-state index in [1.165, 1.54) is 29.1 Å². The zero-order valence-corrected chi connectivity index (χ0v) is 19.0. The molecular formula is C23H25FN4O3S. The predicted molar refractivity (Wildman–Crippen MR) is 122 cm³/mol. The maximum Gasteiger partial charge on any atom is 0.266 e. The Bertz CT molecular complexity index is 1240. The first-order valence-corrected chi connectivity index (χ1v) is 11.4. The van der Waals surface area contributed by atoms with E-state index in [-0.39, 0.29) is 28.6 Å². The van der Waals surface area contributed by atoms with Gasteiger partial charge in [-0.25, -0.2) is 9.37 Å². The van der Waals surface area contributed by atoms with Crippen molar-refractivity contribution in [3.8, 4) is 0 Å². The van der Waals surface area contributed by atoms with Gasteiger partial charge in [0.2, 0.25) is 5.91 Å². The van der Waals surface area contributed by atoms with Gasteiger partial charge in [0, 0.05) is 13.1 Å². The summed E-state index contributed by atoms with van der Waals surface area (Å²) in [5.74, 6) is -0.310. The molecule has 0 aliphatic carbocycles. The second-order valence-electron chi connectivity index (χ2n) is 8.59. The van der Waals surface area contributed by atoms with Gasteiger partial charge >= 0.3 is 0 Å². The van der Waals surface area contributed by atoms with Crippen molar-refractivity contribution < 1.29 is 14.0 Å². The summed E-state index contributed by atoms with van der Waals surface area (Å²) in [5, 5.41) is 2.85. The topological polar surface area (TPSA) is 84.3 Å². The third-order valence-corrected chi connectivity index (χ3v) is 6.97. The van der Waals surface area contributed by atoms with Gasteiger partial charge in [-0.05, 0) is 42.9 Å². The number of halogens is 1. The fraction of sp³-hybridized carbons (Fsp3) is 0.391. The van der Waals surface area contributed by atoms with Gasteiger partial charge in [0.1, 0.15) is 17.2 Å². The Hall–Kier alpha value is -3.07. The Labute approximate surface area is 188 Å². The molecule has 2 aromatic heterocycles. The number of thiophene rings is 1. The van der Waals surface area contributed by atoms with E-state index in [0.717, 1.165) is 17.8 Å². The highest BCUT2D eigenvalue weighted by molar-refractivity contribution is 7.20. The van der Waals surface area contributed by atoms with Gasteiger partial charge in [0.05, 0.1) is 22.3 Å². The second-order valence-corrected chi connectivity index (χ2v) is 9.59. The molecule has 1 saturated heterocycles. The molecule has 2 amide bonds. The van der Waals surface area contributed by atoms with Gasteiger partial charge in [-0.15, -0.1) is 11.3 Å². The molecule has 0 spiro atoms. The normalized spacial score (nSPS) is 18.7. The number of nitrogens with one attached hydrogen (secondary N) is 1. The number of para-hydroxylation sites is 1. The summed E-state index contributed by atoms with van der Waals surface area (Å²) in [6.45, 7) is 7.19. The molecule has 7 nitrogen and oxygen atoms in total. The van der Waals surface area contributed by atoms with Gasteiger partial charge in [-0.2, -0.15) is 0 Å². The largest absolute Gasteiger partial charge is 0.341 e. The van der Waals surface area contributed by atoms with Crippen LogP contribution in [0.4, 0.5) is 10.1 Å². The van der Waals surface area contributed by atoms with Crippen LogP contribution in [0.5, 0.6) is 0 Å². The number of hydrogen-bond acceptors (Lipinski definition) is 5. The molecular weight excluding hydrogens is 431 g/mol. The van der Waals surface area contributed by atoms with E-state index >= 15 is 0 Å². The highest BCUT2D eigenvalue weighted by Gasteiger charge is 2.26. The number of nitrogens with zero attached hydrogens (tertiary/aromatic N) is 3. The maximum atomic E-state index is 13.9. The number of fused-ring (bicyclic) bond motifs is 1. The zero-order chi connectivity index (χ0) is 23.0. The average molecular weight is 457 g/mol. The number of aromatic nitrogens is 2. The fourth-order valence-corrected chi connectivity index (χ4v) is 5.38. The number of benzene rings is 1. The Morgan fingerprint density at radius 1 is 1.22 bits per heavy atom. The van der Waals surface area contributed by atoms with Crippen LogP contribution in [0.3, 0.4) is 0 Å². The molecule has 1 aliphatic rings. The lowest BCUT2D eigenvalue weighted by Gasteiger charge is -2.35. The maximum absolute atomic E-state index is 13.9. The summed E-state index contributed by atoms with van der Waals surface area (Å²) in [6, 6.07) is 5.88. The summed E-state index contributed by atoms with van der Waals surface area (Å²) in [7, 11) is 0. The van der Waals surface area contributed by atoms with Crippen LogP contribution in [0, 0.1) is 24.6 Å². The minimum Gasteiger partial charge on any atom is -0.341 e. The molecule has 168 valence electrons. The van der Waals surface area contributed by atoms with Gasteiger partial charge < -0.3 is 10.2 Å². The summed E-state index contributed by atoms with van der Waals surface area (Å²) in [6.07, 6.45) is 2.44. The molecule has 1 fully saturated rings. The van der Waals surface area contributed by atoms with E-state index < -0.39 is 11.7 Å². The van der Waals surface area contributed by atoms with Gasteiger partial charge in [0.15, 0.2) is 0 Å². The van der Waals surface area contributed by atoms with Crippen LogP contribution in [-0.4, -0.2) is 39.4 Å². The lowest BCUT2D eigenvalue weighted by atomic mass is 9.92. The zero-order valence-electron chi connectivity index (χ0n) is 18.2. The van der Waals surface area contributed by atoms with Crippen molar-refractivity contribution in [3.05, 3.63) is 57.2 Å². The first kappa shape index (κ1) is 22.1.